The second kappa shape index (κ2) is 7.39. The molecule has 4 nitrogen and oxygen atoms in total. The molecule has 0 spiro atoms. The molecule has 1 N–H and O–H groups in total. The molecular formula is C24H25N2O2S+. The lowest BCUT2D eigenvalue weighted by Crippen LogP contribution is -3.12. The van der Waals surface area contributed by atoms with Gasteiger partial charge in [-0.05, 0) is 62.1 Å². The first kappa shape index (κ1) is 18.5. The van der Waals surface area contributed by atoms with Gasteiger partial charge in [0.25, 0.3) is 0 Å². The molecule has 1 aliphatic rings. The predicted octanol–water partition coefficient (Wildman–Crippen LogP) is 3.98. The molecular weight excluding hydrogens is 380 g/mol. The minimum absolute atomic E-state index is 0.255. The fourth-order valence-electron chi connectivity index (χ4n) is 4.49. The van der Waals surface area contributed by atoms with E-state index in [1.165, 1.54) is 33.0 Å². The Morgan fingerprint density at radius 1 is 1.17 bits per heavy atom. The normalized spacial score (nSPS) is 19.8. The maximum Gasteiger partial charge on any atom is 0.336 e. The van der Waals surface area contributed by atoms with Crippen LogP contribution in [0.3, 0.4) is 0 Å². The van der Waals surface area contributed by atoms with Gasteiger partial charge in [0.2, 0.25) is 0 Å². The van der Waals surface area contributed by atoms with Gasteiger partial charge in [-0.25, -0.2) is 9.78 Å². The van der Waals surface area contributed by atoms with Crippen LogP contribution in [0.15, 0.2) is 51.7 Å². The molecule has 148 valence electrons. The number of aryl methyl sites for hydroxylation is 2. The highest BCUT2D eigenvalue weighted by molar-refractivity contribution is 7.18. The van der Waals surface area contributed by atoms with Gasteiger partial charge in [-0.3, -0.25) is 0 Å². The fourth-order valence-corrected chi connectivity index (χ4v) is 5.59. The Hall–Kier alpha value is -2.50. The van der Waals surface area contributed by atoms with E-state index in [2.05, 4.69) is 44.2 Å². The van der Waals surface area contributed by atoms with Crippen molar-refractivity contribution in [3.63, 3.8) is 0 Å². The van der Waals surface area contributed by atoms with E-state index in [9.17, 15) is 4.79 Å². The van der Waals surface area contributed by atoms with Crippen molar-refractivity contribution < 1.29 is 9.32 Å². The summed E-state index contributed by atoms with van der Waals surface area (Å²) in [6.07, 6.45) is 2.38. The average molecular weight is 406 g/mol. The average Bonchev–Trinajstić information content (AvgIpc) is 3.14. The maximum absolute atomic E-state index is 12.1. The van der Waals surface area contributed by atoms with Gasteiger partial charge in [-0.1, -0.05) is 12.1 Å². The third-order valence-electron chi connectivity index (χ3n) is 6.16. The molecule has 5 heteroatoms. The number of para-hydroxylation sites is 1. The van der Waals surface area contributed by atoms with Gasteiger partial charge in [-0.2, -0.15) is 0 Å². The number of piperidine rings is 1. The summed E-state index contributed by atoms with van der Waals surface area (Å²) in [5, 5.41) is 2.33. The van der Waals surface area contributed by atoms with Crippen molar-refractivity contribution >= 4 is 32.5 Å². The predicted molar refractivity (Wildman–Crippen MR) is 118 cm³/mol. The standard InChI is InChI=1S/C24H24N2O2S/c1-15-10-19-18(12-23(27)28-21(19)11-16(15)2)14-26-9-5-6-17(13-26)24-25-20-7-3-4-8-22(20)29-24/h3-4,7-8,10-12,17H,5-6,9,13-14H2,1-2H3/p+1/t17-/m1/s1. The Balaban J connectivity index is 1.43. The highest BCUT2D eigenvalue weighted by Crippen LogP contribution is 2.30. The first-order chi connectivity index (χ1) is 14.1. The van der Waals surface area contributed by atoms with E-state index >= 15 is 0 Å². The molecule has 0 aliphatic carbocycles. The summed E-state index contributed by atoms with van der Waals surface area (Å²) in [4.78, 5) is 18.6. The lowest BCUT2D eigenvalue weighted by atomic mass is 9.97. The van der Waals surface area contributed by atoms with E-state index in [1.807, 2.05) is 17.4 Å². The SMILES string of the molecule is Cc1cc2oc(=O)cc(C[NH+]3CCC[C@@H](c4nc5ccccc5s4)C3)c2cc1C. The topological polar surface area (TPSA) is 47.5 Å². The van der Waals surface area contributed by atoms with Crippen molar-refractivity contribution in [2.75, 3.05) is 13.1 Å². The van der Waals surface area contributed by atoms with Crippen molar-refractivity contribution in [3.8, 4) is 0 Å². The summed E-state index contributed by atoms with van der Waals surface area (Å²) in [6.45, 7) is 7.22. The first-order valence-corrected chi connectivity index (χ1v) is 11.1. The van der Waals surface area contributed by atoms with Crippen LogP contribution in [0.4, 0.5) is 0 Å². The van der Waals surface area contributed by atoms with Gasteiger partial charge in [0, 0.05) is 17.0 Å². The lowest BCUT2D eigenvalue weighted by molar-refractivity contribution is -0.919. The molecule has 2 atom stereocenters. The van der Waals surface area contributed by atoms with Gasteiger partial charge in [0.05, 0.1) is 29.2 Å². The summed E-state index contributed by atoms with van der Waals surface area (Å²) in [7, 11) is 0. The smallest absolute Gasteiger partial charge is 0.336 e. The number of aromatic nitrogens is 1. The van der Waals surface area contributed by atoms with Crippen molar-refractivity contribution in [3.05, 3.63) is 74.6 Å². The van der Waals surface area contributed by atoms with Crippen LogP contribution in [-0.4, -0.2) is 18.1 Å². The zero-order chi connectivity index (χ0) is 20.0. The minimum atomic E-state index is -0.255. The summed E-state index contributed by atoms with van der Waals surface area (Å²) in [5.41, 5.74) is 5.04. The monoisotopic (exact) mass is 405 g/mol. The summed E-state index contributed by atoms with van der Waals surface area (Å²) in [6, 6.07) is 14.2. The summed E-state index contributed by atoms with van der Waals surface area (Å²) >= 11 is 1.83. The van der Waals surface area contributed by atoms with Gasteiger partial charge in [-0.15, -0.1) is 11.3 Å². The molecule has 1 aliphatic heterocycles. The minimum Gasteiger partial charge on any atom is -0.423 e. The van der Waals surface area contributed by atoms with Crippen LogP contribution < -0.4 is 10.5 Å². The highest BCUT2D eigenvalue weighted by Gasteiger charge is 2.27. The first-order valence-electron chi connectivity index (χ1n) is 10.3. The zero-order valence-corrected chi connectivity index (χ0v) is 17.6. The van der Waals surface area contributed by atoms with Crippen LogP contribution in [0.25, 0.3) is 21.2 Å². The Morgan fingerprint density at radius 2 is 2.00 bits per heavy atom. The van der Waals surface area contributed by atoms with E-state index in [0.29, 0.717) is 11.5 Å². The number of quaternary nitrogens is 1. The van der Waals surface area contributed by atoms with Crippen LogP contribution in [0, 0.1) is 13.8 Å². The maximum atomic E-state index is 12.1. The Bertz CT molecular complexity index is 1220. The number of thiazole rings is 1. The second-order valence-corrected chi connectivity index (χ2v) is 9.33. The van der Waals surface area contributed by atoms with Crippen molar-refractivity contribution in [1.82, 2.24) is 4.98 Å². The van der Waals surface area contributed by atoms with Crippen LogP contribution in [-0.2, 0) is 6.54 Å². The molecule has 0 radical (unpaired) electrons. The van der Waals surface area contributed by atoms with E-state index in [4.69, 9.17) is 9.40 Å². The van der Waals surface area contributed by atoms with Crippen LogP contribution in [0.1, 0.15) is 40.5 Å². The Kier molecular flexibility index (Phi) is 4.72. The Morgan fingerprint density at radius 3 is 2.86 bits per heavy atom. The van der Waals surface area contributed by atoms with Gasteiger partial charge in [0.15, 0.2) is 0 Å². The Labute approximate surface area is 173 Å². The number of nitrogens with zero attached hydrogens (tertiary/aromatic N) is 1. The highest BCUT2D eigenvalue weighted by atomic mass is 32.1. The van der Waals surface area contributed by atoms with Crippen LogP contribution in [0.5, 0.6) is 0 Å². The molecule has 0 saturated carbocycles. The number of hydrogen-bond donors (Lipinski definition) is 1. The number of fused-ring (bicyclic) bond motifs is 2. The number of benzene rings is 2. The molecule has 0 bridgehead atoms. The number of nitrogens with one attached hydrogen (secondary N) is 1. The molecule has 2 aromatic carbocycles. The molecule has 3 heterocycles. The van der Waals surface area contributed by atoms with Gasteiger partial charge < -0.3 is 9.32 Å². The van der Waals surface area contributed by atoms with E-state index < -0.39 is 0 Å². The zero-order valence-electron chi connectivity index (χ0n) is 16.8. The third-order valence-corrected chi connectivity index (χ3v) is 7.36. The van der Waals surface area contributed by atoms with Crippen molar-refractivity contribution in [2.45, 2.75) is 39.2 Å². The molecule has 1 unspecified atom stereocenters. The van der Waals surface area contributed by atoms with E-state index in [-0.39, 0.29) is 5.63 Å². The number of rotatable bonds is 3. The number of likely N-dealkylation sites (tertiary alicyclic amines) is 1. The van der Waals surface area contributed by atoms with E-state index in [1.54, 1.807) is 6.07 Å². The molecule has 1 fully saturated rings. The van der Waals surface area contributed by atoms with Gasteiger partial charge in [0.1, 0.15) is 17.1 Å². The fraction of sp³-hybridized carbons (Fsp3) is 0.333. The van der Waals surface area contributed by atoms with Crippen molar-refractivity contribution in [1.29, 1.82) is 0 Å². The molecule has 0 amide bonds. The van der Waals surface area contributed by atoms with Crippen LogP contribution in [0.2, 0.25) is 0 Å². The summed E-state index contributed by atoms with van der Waals surface area (Å²) < 4.78 is 6.75. The molecule has 5 rings (SSSR count). The lowest BCUT2D eigenvalue weighted by Gasteiger charge is -2.29. The molecule has 4 aromatic rings. The van der Waals surface area contributed by atoms with E-state index in [0.717, 1.165) is 41.7 Å². The molecule has 1 saturated heterocycles. The molecule has 29 heavy (non-hydrogen) atoms. The second-order valence-electron chi connectivity index (χ2n) is 8.26. The third kappa shape index (κ3) is 3.61. The molecule has 2 aromatic heterocycles. The van der Waals surface area contributed by atoms with Gasteiger partial charge >= 0.3 is 5.63 Å². The van der Waals surface area contributed by atoms with Crippen LogP contribution >= 0.6 is 11.3 Å². The van der Waals surface area contributed by atoms with Crippen molar-refractivity contribution in [2.24, 2.45) is 0 Å². The quantitative estimate of drug-likeness (QED) is 0.525. The largest absolute Gasteiger partial charge is 0.423 e. The summed E-state index contributed by atoms with van der Waals surface area (Å²) in [5.74, 6) is 0.492. The number of hydrogen-bond acceptors (Lipinski definition) is 4.